The van der Waals surface area contributed by atoms with E-state index in [2.05, 4.69) is 4.74 Å². The molecule has 40 valence electrons. The SMILES string of the molecule is [2H]C1CC(=O)CC([2H])O1. The minimum atomic E-state index is -0.797. The van der Waals surface area contributed by atoms with E-state index in [1.807, 2.05) is 0 Å². The zero-order valence-corrected chi connectivity index (χ0v) is 3.89. The summed E-state index contributed by atoms with van der Waals surface area (Å²) in [5.41, 5.74) is 0. The van der Waals surface area contributed by atoms with Crippen LogP contribution in [0.25, 0.3) is 0 Å². The Balaban J connectivity index is 2.43. The molecule has 2 nitrogen and oxygen atoms in total. The molecule has 1 saturated heterocycles. The molecule has 2 unspecified atom stereocenters. The number of carbonyl (C=O) groups is 1. The highest BCUT2D eigenvalue weighted by Gasteiger charge is 2.06. The van der Waals surface area contributed by atoms with Crippen LogP contribution < -0.4 is 0 Å². The van der Waals surface area contributed by atoms with Gasteiger partial charge in [-0.25, -0.2) is 0 Å². The van der Waals surface area contributed by atoms with Crippen molar-refractivity contribution in [2.75, 3.05) is 13.2 Å². The predicted molar refractivity (Wildman–Crippen MR) is 25.1 cm³/mol. The Bertz CT molecular complexity index is 114. The van der Waals surface area contributed by atoms with Crippen LogP contribution in [0, 0.1) is 0 Å². The lowest BCUT2D eigenvalue weighted by atomic mass is 10.2. The smallest absolute Gasteiger partial charge is 0.137 e. The topological polar surface area (TPSA) is 26.3 Å². The molecule has 0 aliphatic carbocycles. The second kappa shape index (κ2) is 2.07. The van der Waals surface area contributed by atoms with Crippen LogP contribution in [0.3, 0.4) is 0 Å². The minimum Gasteiger partial charge on any atom is -0.381 e. The molecular weight excluding hydrogens is 92.1 g/mol. The van der Waals surface area contributed by atoms with Gasteiger partial charge in [-0.1, -0.05) is 0 Å². The highest BCUT2D eigenvalue weighted by Crippen LogP contribution is 1.98. The summed E-state index contributed by atoms with van der Waals surface area (Å²) in [6.45, 7) is -1.59. The Kier molecular flexibility index (Phi) is 0.836. The van der Waals surface area contributed by atoms with Crippen LogP contribution in [-0.4, -0.2) is 18.9 Å². The number of Topliss-reactive ketones (excluding diaryl/α,β-unsaturated/α-hetero) is 1. The van der Waals surface area contributed by atoms with Crippen molar-refractivity contribution in [1.29, 1.82) is 0 Å². The summed E-state index contributed by atoms with van der Waals surface area (Å²) in [6.07, 6.45) is 0.296. The van der Waals surface area contributed by atoms with Crippen molar-refractivity contribution in [3.63, 3.8) is 0 Å². The molecular formula is C5H8O2. The molecule has 0 spiro atoms. The van der Waals surface area contributed by atoms with E-state index in [0.29, 0.717) is 0 Å². The molecule has 0 aromatic rings. The van der Waals surface area contributed by atoms with Crippen LogP contribution in [0.4, 0.5) is 0 Å². The molecule has 0 aromatic carbocycles. The summed E-state index contributed by atoms with van der Waals surface area (Å²) < 4.78 is 18.6. The molecule has 2 atom stereocenters. The van der Waals surface area contributed by atoms with Gasteiger partial charge >= 0.3 is 0 Å². The maximum absolute atomic E-state index is 10.6. The summed E-state index contributed by atoms with van der Waals surface area (Å²) in [7, 11) is 0. The highest BCUT2D eigenvalue weighted by atomic mass is 16.5. The average molecular weight is 102 g/mol. The molecule has 1 aliphatic rings. The lowest BCUT2D eigenvalue weighted by Crippen LogP contribution is -2.14. The van der Waals surface area contributed by atoms with Gasteiger partial charge in [-0.3, -0.25) is 4.79 Å². The first kappa shape index (κ1) is 2.82. The zero-order valence-electron chi connectivity index (χ0n) is 5.89. The fourth-order valence-corrected chi connectivity index (χ4v) is 0.433. The van der Waals surface area contributed by atoms with Crippen molar-refractivity contribution in [3.05, 3.63) is 0 Å². The molecule has 0 aromatic heterocycles. The molecule has 1 rings (SSSR count). The third-order valence-corrected chi connectivity index (χ3v) is 0.814. The van der Waals surface area contributed by atoms with Gasteiger partial charge in [0.1, 0.15) is 5.78 Å². The lowest BCUT2D eigenvalue weighted by molar-refractivity contribution is -0.124. The summed E-state index contributed by atoms with van der Waals surface area (Å²) in [4.78, 5) is 10.6. The van der Waals surface area contributed by atoms with Crippen LogP contribution in [0.15, 0.2) is 0 Å². The maximum atomic E-state index is 10.6. The van der Waals surface area contributed by atoms with E-state index in [4.69, 9.17) is 2.74 Å². The monoisotopic (exact) mass is 102 g/mol. The van der Waals surface area contributed by atoms with Crippen LogP contribution in [-0.2, 0) is 9.53 Å². The number of rotatable bonds is 0. The molecule has 2 heteroatoms. The van der Waals surface area contributed by atoms with E-state index in [0.717, 1.165) is 0 Å². The second-order valence-electron chi connectivity index (χ2n) is 1.42. The van der Waals surface area contributed by atoms with E-state index >= 15 is 0 Å². The third kappa shape index (κ3) is 1.27. The van der Waals surface area contributed by atoms with Crippen molar-refractivity contribution < 1.29 is 12.3 Å². The van der Waals surface area contributed by atoms with E-state index in [1.165, 1.54) is 0 Å². The van der Waals surface area contributed by atoms with Gasteiger partial charge in [0.05, 0.1) is 15.9 Å². The molecule has 1 aliphatic heterocycles. The molecule has 1 fully saturated rings. The number of ketones is 1. The van der Waals surface area contributed by atoms with Gasteiger partial charge in [0.2, 0.25) is 0 Å². The van der Waals surface area contributed by atoms with Crippen LogP contribution in [0.5, 0.6) is 0 Å². The average Bonchev–Trinajstić information content (AvgIpc) is 1.59. The van der Waals surface area contributed by atoms with Gasteiger partial charge < -0.3 is 4.74 Å². The summed E-state index contributed by atoms with van der Waals surface area (Å²) >= 11 is 0. The molecule has 0 N–H and O–H groups in total. The van der Waals surface area contributed by atoms with Crippen molar-refractivity contribution in [3.8, 4) is 0 Å². The maximum Gasteiger partial charge on any atom is 0.137 e. The fraction of sp³-hybridized carbons (Fsp3) is 0.800. The van der Waals surface area contributed by atoms with E-state index < -0.39 is 13.2 Å². The van der Waals surface area contributed by atoms with Crippen LogP contribution >= 0.6 is 0 Å². The van der Waals surface area contributed by atoms with Crippen molar-refractivity contribution in [2.24, 2.45) is 0 Å². The second-order valence-corrected chi connectivity index (χ2v) is 1.42. The van der Waals surface area contributed by atoms with Crippen LogP contribution in [0.1, 0.15) is 15.6 Å². The van der Waals surface area contributed by atoms with Crippen molar-refractivity contribution in [2.45, 2.75) is 12.8 Å². The predicted octanol–water partition coefficient (Wildman–Crippen LogP) is 0.366. The van der Waals surface area contributed by atoms with Crippen molar-refractivity contribution >= 4 is 5.78 Å². The molecule has 0 amide bonds. The quantitative estimate of drug-likeness (QED) is 0.441. The Hall–Kier alpha value is -0.370. The number of carbonyl (C=O) groups excluding carboxylic acids is 1. The Morgan fingerprint density at radius 1 is 1.57 bits per heavy atom. The molecule has 0 saturated carbocycles. The largest absolute Gasteiger partial charge is 0.381 e. The first-order valence-corrected chi connectivity index (χ1v) is 2.20. The van der Waals surface area contributed by atoms with Crippen LogP contribution in [0.2, 0.25) is 0 Å². The molecule has 0 radical (unpaired) electrons. The third-order valence-electron chi connectivity index (χ3n) is 0.814. The summed E-state index contributed by atoms with van der Waals surface area (Å²) in [5.74, 6) is -0.0405. The van der Waals surface area contributed by atoms with Crippen molar-refractivity contribution in [1.82, 2.24) is 0 Å². The standard InChI is InChI=1S/C5H8O2/c6-5-1-3-7-4-2-5/h1-4H2/i3D,4D. The molecule has 7 heavy (non-hydrogen) atoms. The summed E-state index contributed by atoms with van der Waals surface area (Å²) in [6, 6.07) is 0. The van der Waals surface area contributed by atoms with Gasteiger partial charge in [0, 0.05) is 12.8 Å². The minimum absolute atomic E-state index is 0.0405. The van der Waals surface area contributed by atoms with Gasteiger partial charge in [-0.05, 0) is 0 Å². The number of hydrogen-bond donors (Lipinski definition) is 0. The first-order chi connectivity index (χ1) is 4.18. The van der Waals surface area contributed by atoms with Gasteiger partial charge in [0.15, 0.2) is 0 Å². The lowest BCUT2D eigenvalue weighted by Gasteiger charge is -2.07. The Morgan fingerprint density at radius 3 is 2.57 bits per heavy atom. The zero-order chi connectivity index (χ0) is 6.85. The number of ether oxygens (including phenoxy) is 1. The first-order valence-electron chi connectivity index (χ1n) is 3.35. The van der Waals surface area contributed by atoms with Gasteiger partial charge in [-0.15, -0.1) is 0 Å². The normalized spacial score (nSPS) is 47.7. The number of hydrogen-bond acceptors (Lipinski definition) is 2. The Morgan fingerprint density at radius 2 is 2.14 bits per heavy atom. The highest BCUT2D eigenvalue weighted by molar-refractivity contribution is 5.78. The van der Waals surface area contributed by atoms with E-state index in [-0.39, 0.29) is 18.6 Å². The molecule has 1 heterocycles. The van der Waals surface area contributed by atoms with E-state index in [1.54, 1.807) is 0 Å². The fourth-order valence-electron chi connectivity index (χ4n) is 0.433. The summed E-state index contributed by atoms with van der Waals surface area (Å²) in [5, 5.41) is 0. The molecule has 0 bridgehead atoms. The van der Waals surface area contributed by atoms with E-state index in [9.17, 15) is 4.79 Å². The van der Waals surface area contributed by atoms with Gasteiger partial charge in [-0.2, -0.15) is 0 Å². The van der Waals surface area contributed by atoms with Gasteiger partial charge in [0.25, 0.3) is 0 Å². The Labute approximate surface area is 45.3 Å².